The zero-order chi connectivity index (χ0) is 11.0. The van der Waals surface area contributed by atoms with E-state index in [0.29, 0.717) is 12.0 Å². The Morgan fingerprint density at radius 2 is 1.87 bits per heavy atom. The molecule has 0 amide bonds. The van der Waals surface area contributed by atoms with Crippen molar-refractivity contribution in [2.45, 2.75) is 26.7 Å². The predicted molar refractivity (Wildman–Crippen MR) is 54.7 cm³/mol. The van der Waals surface area contributed by atoms with E-state index >= 15 is 0 Å². The first kappa shape index (κ1) is 9.90. The number of carbonyl (C=O) groups excluding carboxylic acids is 2. The second-order valence-corrected chi connectivity index (χ2v) is 3.87. The second kappa shape index (κ2) is 3.50. The Labute approximate surface area is 88.1 Å². The lowest BCUT2D eigenvalue weighted by molar-refractivity contribution is -0.137. The van der Waals surface area contributed by atoms with Gasteiger partial charge >= 0.3 is 11.9 Å². The molecule has 0 saturated carbocycles. The molecule has 0 unspecified atom stereocenters. The average molecular weight is 204 g/mol. The molecule has 15 heavy (non-hydrogen) atoms. The van der Waals surface area contributed by atoms with Crippen LogP contribution in [0.4, 0.5) is 0 Å². The average Bonchev–Trinajstić information content (AvgIpc) is 2.27. The predicted octanol–water partition coefficient (Wildman–Crippen LogP) is 1.93. The Balaban J connectivity index is 2.58. The molecule has 3 heteroatoms. The van der Waals surface area contributed by atoms with Gasteiger partial charge in [-0.3, -0.25) is 4.79 Å². The fourth-order valence-electron chi connectivity index (χ4n) is 1.95. The van der Waals surface area contributed by atoms with Gasteiger partial charge in [0.1, 0.15) is 0 Å². The summed E-state index contributed by atoms with van der Waals surface area (Å²) in [7, 11) is 0. The molecular weight excluding hydrogens is 192 g/mol. The first-order valence-corrected chi connectivity index (χ1v) is 4.93. The molecule has 0 fully saturated rings. The summed E-state index contributed by atoms with van der Waals surface area (Å²) in [6.07, 6.45) is 0.870. The topological polar surface area (TPSA) is 43.4 Å². The Morgan fingerprint density at radius 3 is 2.60 bits per heavy atom. The van der Waals surface area contributed by atoms with Gasteiger partial charge in [0.2, 0.25) is 0 Å². The smallest absolute Gasteiger partial charge is 0.346 e. The lowest BCUT2D eigenvalue weighted by Gasteiger charge is -2.08. The third-order valence-electron chi connectivity index (χ3n) is 2.62. The molecule has 1 aliphatic rings. The van der Waals surface area contributed by atoms with Crippen molar-refractivity contribution in [2.24, 2.45) is 0 Å². The van der Waals surface area contributed by atoms with Crippen LogP contribution in [0, 0.1) is 13.8 Å². The van der Waals surface area contributed by atoms with E-state index in [-0.39, 0.29) is 6.42 Å². The second-order valence-electron chi connectivity index (χ2n) is 3.87. The minimum Gasteiger partial charge on any atom is -0.389 e. The summed E-state index contributed by atoms with van der Waals surface area (Å²) < 4.78 is 4.67. The van der Waals surface area contributed by atoms with Gasteiger partial charge in [-0.25, -0.2) is 4.79 Å². The van der Waals surface area contributed by atoms with Gasteiger partial charge in [-0.2, -0.15) is 0 Å². The van der Waals surface area contributed by atoms with Crippen LogP contribution < -0.4 is 0 Å². The van der Waals surface area contributed by atoms with Crippen LogP contribution in [0.15, 0.2) is 12.1 Å². The summed E-state index contributed by atoms with van der Waals surface area (Å²) in [6.45, 7) is 3.88. The van der Waals surface area contributed by atoms with Crippen molar-refractivity contribution < 1.29 is 14.3 Å². The molecule has 2 rings (SSSR count). The Kier molecular flexibility index (Phi) is 2.31. The summed E-state index contributed by atoms with van der Waals surface area (Å²) in [4.78, 5) is 22.7. The number of ether oxygens (including phenoxy) is 1. The molecule has 0 atom stereocenters. The number of aryl methyl sites for hydroxylation is 2. The standard InChI is InChI=1S/C12H12O3/c1-7-5-8(2)9-3-4-11(13)15-12(14)10(9)6-7/h5-6H,3-4H2,1-2H3. The fraction of sp³-hybridized carbons (Fsp3) is 0.333. The molecule has 0 spiro atoms. The van der Waals surface area contributed by atoms with Gasteiger partial charge < -0.3 is 4.74 Å². The highest BCUT2D eigenvalue weighted by atomic mass is 16.6. The van der Waals surface area contributed by atoms with Crippen molar-refractivity contribution in [3.63, 3.8) is 0 Å². The van der Waals surface area contributed by atoms with Crippen molar-refractivity contribution in [3.05, 3.63) is 34.4 Å². The van der Waals surface area contributed by atoms with E-state index in [2.05, 4.69) is 4.74 Å². The summed E-state index contributed by atoms with van der Waals surface area (Å²) in [5.74, 6) is -0.951. The van der Waals surface area contributed by atoms with Gasteiger partial charge in [-0.1, -0.05) is 6.07 Å². The molecular formula is C12H12O3. The van der Waals surface area contributed by atoms with Crippen LogP contribution >= 0.6 is 0 Å². The van der Waals surface area contributed by atoms with Crippen LogP contribution in [0.2, 0.25) is 0 Å². The minimum atomic E-state index is -0.515. The van der Waals surface area contributed by atoms with Gasteiger partial charge in [0, 0.05) is 0 Å². The molecule has 0 saturated heterocycles. The van der Waals surface area contributed by atoms with Gasteiger partial charge in [0.15, 0.2) is 0 Å². The van der Waals surface area contributed by atoms with Crippen LogP contribution in [-0.2, 0) is 16.0 Å². The van der Waals surface area contributed by atoms with Crippen molar-refractivity contribution >= 4 is 11.9 Å². The highest BCUT2D eigenvalue weighted by Gasteiger charge is 2.23. The summed E-state index contributed by atoms with van der Waals surface area (Å²) >= 11 is 0. The third-order valence-corrected chi connectivity index (χ3v) is 2.62. The summed E-state index contributed by atoms with van der Waals surface area (Å²) in [5.41, 5.74) is 3.55. The molecule has 1 heterocycles. The first-order valence-electron chi connectivity index (χ1n) is 4.93. The van der Waals surface area contributed by atoms with Gasteiger partial charge in [0.05, 0.1) is 12.0 Å². The molecule has 1 aromatic rings. The van der Waals surface area contributed by atoms with E-state index in [0.717, 1.165) is 16.7 Å². The SMILES string of the molecule is Cc1cc(C)c2c(c1)C(=O)OC(=O)CC2. The van der Waals surface area contributed by atoms with E-state index in [1.54, 1.807) is 6.07 Å². The highest BCUT2D eigenvalue weighted by Crippen LogP contribution is 2.22. The number of fused-ring (bicyclic) bond motifs is 1. The molecule has 0 aromatic heterocycles. The normalized spacial score (nSPS) is 15.6. The molecule has 0 radical (unpaired) electrons. The number of rotatable bonds is 0. The van der Waals surface area contributed by atoms with E-state index < -0.39 is 11.9 Å². The van der Waals surface area contributed by atoms with Crippen molar-refractivity contribution in [3.8, 4) is 0 Å². The van der Waals surface area contributed by atoms with E-state index in [4.69, 9.17) is 0 Å². The van der Waals surface area contributed by atoms with Crippen LogP contribution in [0.5, 0.6) is 0 Å². The number of hydrogen-bond acceptors (Lipinski definition) is 3. The summed E-state index contributed by atoms with van der Waals surface area (Å²) in [6, 6.07) is 3.80. The molecule has 0 N–H and O–H groups in total. The van der Waals surface area contributed by atoms with Crippen LogP contribution in [0.1, 0.15) is 33.5 Å². The van der Waals surface area contributed by atoms with Gasteiger partial charge in [-0.15, -0.1) is 0 Å². The fourth-order valence-corrected chi connectivity index (χ4v) is 1.95. The molecule has 0 bridgehead atoms. The first-order chi connectivity index (χ1) is 7.08. The van der Waals surface area contributed by atoms with Crippen molar-refractivity contribution in [1.82, 2.24) is 0 Å². The Bertz CT molecular complexity index is 446. The van der Waals surface area contributed by atoms with E-state index in [1.165, 1.54) is 0 Å². The lowest BCUT2D eigenvalue weighted by atomic mass is 9.96. The quantitative estimate of drug-likeness (QED) is 0.479. The molecule has 78 valence electrons. The Morgan fingerprint density at radius 1 is 1.13 bits per heavy atom. The van der Waals surface area contributed by atoms with Crippen LogP contribution in [0.3, 0.4) is 0 Å². The third kappa shape index (κ3) is 1.77. The monoisotopic (exact) mass is 204 g/mol. The van der Waals surface area contributed by atoms with Crippen LogP contribution in [0.25, 0.3) is 0 Å². The number of cyclic esters (lactones) is 2. The van der Waals surface area contributed by atoms with Gasteiger partial charge in [-0.05, 0) is 43.0 Å². The number of hydrogen-bond donors (Lipinski definition) is 0. The molecule has 1 aliphatic heterocycles. The largest absolute Gasteiger partial charge is 0.389 e. The van der Waals surface area contributed by atoms with Crippen molar-refractivity contribution in [1.29, 1.82) is 0 Å². The maximum Gasteiger partial charge on any atom is 0.346 e. The van der Waals surface area contributed by atoms with Crippen molar-refractivity contribution in [2.75, 3.05) is 0 Å². The number of benzene rings is 1. The zero-order valence-corrected chi connectivity index (χ0v) is 8.79. The highest BCUT2D eigenvalue weighted by molar-refractivity contribution is 5.99. The maximum atomic E-state index is 11.6. The maximum absolute atomic E-state index is 11.6. The van der Waals surface area contributed by atoms with E-state index in [9.17, 15) is 9.59 Å². The van der Waals surface area contributed by atoms with Crippen LogP contribution in [-0.4, -0.2) is 11.9 Å². The van der Waals surface area contributed by atoms with E-state index in [1.807, 2.05) is 19.9 Å². The molecule has 3 nitrogen and oxygen atoms in total. The molecule has 1 aromatic carbocycles. The number of carbonyl (C=O) groups is 2. The number of esters is 2. The summed E-state index contributed by atoms with van der Waals surface area (Å²) in [5, 5.41) is 0. The Hall–Kier alpha value is -1.64. The lowest BCUT2D eigenvalue weighted by Crippen LogP contribution is -2.09. The zero-order valence-electron chi connectivity index (χ0n) is 8.79. The molecule has 0 aliphatic carbocycles. The minimum absolute atomic E-state index is 0.280. The van der Waals surface area contributed by atoms with Gasteiger partial charge in [0.25, 0.3) is 0 Å².